The summed E-state index contributed by atoms with van der Waals surface area (Å²) in [6.45, 7) is 2.06. The molecule has 1 aromatic carbocycles. The number of hydrogen-bond donors (Lipinski definition) is 0. The normalized spacial score (nSPS) is 10.0. The Morgan fingerprint density at radius 1 is 1.13 bits per heavy atom. The zero-order chi connectivity index (χ0) is 11.3. The first-order valence-corrected chi connectivity index (χ1v) is 5.31. The van der Waals surface area contributed by atoms with Gasteiger partial charge in [-0.15, -0.1) is 0 Å². The molecule has 15 heavy (non-hydrogen) atoms. The van der Waals surface area contributed by atoms with E-state index in [0.29, 0.717) is 5.56 Å². The molecule has 1 rings (SSSR count). The van der Waals surface area contributed by atoms with Crippen molar-refractivity contribution in [1.29, 1.82) is 0 Å². The molecule has 80 valence electrons. The van der Waals surface area contributed by atoms with Gasteiger partial charge in [-0.2, -0.15) is 0 Å². The number of benzene rings is 1. The SMILES string of the molecule is CCc1ccc(C(=O)CCC(=O)Cl)cc1. The monoisotopic (exact) mass is 224 g/mol. The highest BCUT2D eigenvalue weighted by atomic mass is 35.5. The van der Waals surface area contributed by atoms with Gasteiger partial charge in [0.25, 0.3) is 0 Å². The van der Waals surface area contributed by atoms with Crippen molar-refractivity contribution in [3.8, 4) is 0 Å². The third kappa shape index (κ3) is 3.84. The molecule has 0 aliphatic rings. The summed E-state index contributed by atoms with van der Waals surface area (Å²) in [7, 11) is 0. The van der Waals surface area contributed by atoms with E-state index in [-0.39, 0.29) is 18.6 Å². The Hall–Kier alpha value is -1.15. The second-order valence-corrected chi connectivity index (χ2v) is 3.75. The maximum absolute atomic E-state index is 11.5. The Kier molecular flexibility index (Phi) is 4.50. The zero-order valence-corrected chi connectivity index (χ0v) is 9.38. The van der Waals surface area contributed by atoms with E-state index in [1.807, 2.05) is 12.1 Å². The van der Waals surface area contributed by atoms with Crippen LogP contribution in [0.1, 0.15) is 35.7 Å². The first-order valence-electron chi connectivity index (χ1n) is 4.94. The lowest BCUT2D eigenvalue weighted by molar-refractivity contribution is -0.111. The van der Waals surface area contributed by atoms with E-state index < -0.39 is 5.24 Å². The number of carbonyl (C=O) groups excluding carboxylic acids is 2. The lowest BCUT2D eigenvalue weighted by atomic mass is 10.0. The highest BCUT2D eigenvalue weighted by Crippen LogP contribution is 2.09. The van der Waals surface area contributed by atoms with Gasteiger partial charge in [0.2, 0.25) is 5.24 Å². The summed E-state index contributed by atoms with van der Waals surface area (Å²) in [4.78, 5) is 22.0. The highest BCUT2D eigenvalue weighted by Gasteiger charge is 2.07. The fourth-order valence-electron chi connectivity index (χ4n) is 1.28. The van der Waals surface area contributed by atoms with Crippen molar-refractivity contribution in [2.45, 2.75) is 26.2 Å². The predicted molar refractivity (Wildman–Crippen MR) is 60.2 cm³/mol. The van der Waals surface area contributed by atoms with Crippen LogP contribution in [0, 0.1) is 0 Å². The van der Waals surface area contributed by atoms with Crippen LogP contribution in [0.2, 0.25) is 0 Å². The van der Waals surface area contributed by atoms with Gasteiger partial charge in [-0.3, -0.25) is 9.59 Å². The molecule has 0 fully saturated rings. The molecule has 0 atom stereocenters. The van der Waals surface area contributed by atoms with Crippen LogP contribution in [0.4, 0.5) is 0 Å². The van der Waals surface area contributed by atoms with Crippen molar-refractivity contribution >= 4 is 22.6 Å². The fourth-order valence-corrected chi connectivity index (χ4v) is 1.38. The Balaban J connectivity index is 2.62. The van der Waals surface area contributed by atoms with Crippen LogP contribution >= 0.6 is 11.6 Å². The van der Waals surface area contributed by atoms with Gasteiger partial charge in [-0.1, -0.05) is 31.2 Å². The van der Waals surface area contributed by atoms with Crippen LogP contribution < -0.4 is 0 Å². The van der Waals surface area contributed by atoms with Crippen molar-refractivity contribution in [2.75, 3.05) is 0 Å². The van der Waals surface area contributed by atoms with Crippen molar-refractivity contribution in [3.63, 3.8) is 0 Å². The largest absolute Gasteiger partial charge is 0.294 e. The van der Waals surface area contributed by atoms with Gasteiger partial charge in [0.05, 0.1) is 0 Å². The quantitative estimate of drug-likeness (QED) is 0.569. The molecule has 2 nitrogen and oxygen atoms in total. The van der Waals surface area contributed by atoms with Crippen molar-refractivity contribution < 1.29 is 9.59 Å². The number of hydrogen-bond acceptors (Lipinski definition) is 2. The standard InChI is InChI=1S/C12H13ClO2/c1-2-9-3-5-10(6-4-9)11(14)7-8-12(13)15/h3-6H,2,7-8H2,1H3. The van der Waals surface area contributed by atoms with Crippen LogP contribution in [0.3, 0.4) is 0 Å². The summed E-state index contributed by atoms with van der Waals surface area (Å²) in [6.07, 6.45) is 1.25. The molecule has 0 aromatic heterocycles. The van der Waals surface area contributed by atoms with E-state index in [1.54, 1.807) is 12.1 Å². The van der Waals surface area contributed by atoms with E-state index in [4.69, 9.17) is 11.6 Å². The summed E-state index contributed by atoms with van der Waals surface area (Å²) < 4.78 is 0. The number of rotatable bonds is 5. The summed E-state index contributed by atoms with van der Waals surface area (Å²) in [6, 6.07) is 7.44. The number of halogens is 1. The van der Waals surface area contributed by atoms with Gasteiger partial charge in [-0.25, -0.2) is 0 Å². The second-order valence-electron chi connectivity index (χ2n) is 3.33. The van der Waals surface area contributed by atoms with Gasteiger partial charge >= 0.3 is 0 Å². The first kappa shape index (κ1) is 11.9. The maximum atomic E-state index is 11.5. The van der Waals surface area contributed by atoms with E-state index in [9.17, 15) is 9.59 Å². The van der Waals surface area contributed by atoms with E-state index in [1.165, 1.54) is 5.56 Å². The molecule has 0 saturated heterocycles. The van der Waals surface area contributed by atoms with Gasteiger partial charge in [0, 0.05) is 18.4 Å². The highest BCUT2D eigenvalue weighted by molar-refractivity contribution is 6.63. The molecule has 0 amide bonds. The molecule has 0 heterocycles. The van der Waals surface area contributed by atoms with E-state index in [2.05, 4.69) is 6.92 Å². The minimum atomic E-state index is -0.464. The molecule has 3 heteroatoms. The second kappa shape index (κ2) is 5.66. The molecular formula is C12H13ClO2. The average Bonchev–Trinajstić information content (AvgIpc) is 2.26. The first-order chi connectivity index (χ1) is 7.13. The minimum Gasteiger partial charge on any atom is -0.294 e. The van der Waals surface area contributed by atoms with Crippen LogP contribution in [0.5, 0.6) is 0 Å². The topological polar surface area (TPSA) is 34.1 Å². The van der Waals surface area contributed by atoms with E-state index in [0.717, 1.165) is 6.42 Å². The average molecular weight is 225 g/mol. The smallest absolute Gasteiger partial charge is 0.222 e. The zero-order valence-electron chi connectivity index (χ0n) is 8.63. The van der Waals surface area contributed by atoms with E-state index >= 15 is 0 Å². The van der Waals surface area contributed by atoms with Crippen molar-refractivity contribution in [1.82, 2.24) is 0 Å². The lowest BCUT2D eigenvalue weighted by Gasteiger charge is -2.00. The van der Waals surface area contributed by atoms with Gasteiger partial charge < -0.3 is 0 Å². The van der Waals surface area contributed by atoms with Gasteiger partial charge in [-0.05, 0) is 23.6 Å². The molecule has 0 unspecified atom stereocenters. The number of Topliss-reactive ketones (excluding diaryl/α,β-unsaturated/α-hetero) is 1. The molecule has 1 aromatic rings. The van der Waals surface area contributed by atoms with Gasteiger partial charge in [0.15, 0.2) is 5.78 Å². The van der Waals surface area contributed by atoms with Crippen LogP contribution in [0.15, 0.2) is 24.3 Å². The Morgan fingerprint density at radius 2 is 1.73 bits per heavy atom. The summed E-state index contributed by atoms with van der Waals surface area (Å²) in [5.74, 6) is -0.0355. The Bertz CT molecular complexity index is 354. The molecule has 0 N–H and O–H groups in total. The van der Waals surface area contributed by atoms with Crippen molar-refractivity contribution in [3.05, 3.63) is 35.4 Å². The van der Waals surface area contributed by atoms with Crippen LogP contribution in [0.25, 0.3) is 0 Å². The summed E-state index contributed by atoms with van der Waals surface area (Å²) in [5, 5.41) is -0.464. The fraction of sp³-hybridized carbons (Fsp3) is 0.333. The number of ketones is 1. The maximum Gasteiger partial charge on any atom is 0.222 e. The Labute approximate surface area is 94.2 Å². The summed E-state index contributed by atoms with van der Waals surface area (Å²) in [5.41, 5.74) is 1.84. The van der Waals surface area contributed by atoms with Gasteiger partial charge in [0.1, 0.15) is 0 Å². The minimum absolute atomic E-state index is 0.0355. The number of carbonyl (C=O) groups is 2. The lowest BCUT2D eigenvalue weighted by Crippen LogP contribution is -2.01. The molecule has 0 aliphatic heterocycles. The number of aryl methyl sites for hydroxylation is 1. The predicted octanol–water partition coefficient (Wildman–Crippen LogP) is 2.98. The van der Waals surface area contributed by atoms with Crippen LogP contribution in [-0.4, -0.2) is 11.0 Å². The molecular weight excluding hydrogens is 212 g/mol. The van der Waals surface area contributed by atoms with Crippen molar-refractivity contribution in [2.24, 2.45) is 0 Å². The van der Waals surface area contributed by atoms with Crippen LogP contribution in [-0.2, 0) is 11.2 Å². The molecule has 0 aliphatic carbocycles. The molecule has 0 radical (unpaired) electrons. The molecule has 0 bridgehead atoms. The molecule has 0 saturated carbocycles. The third-order valence-corrected chi connectivity index (χ3v) is 2.42. The Morgan fingerprint density at radius 3 is 2.20 bits per heavy atom. The third-order valence-electron chi connectivity index (χ3n) is 2.23. The summed E-state index contributed by atoms with van der Waals surface area (Å²) >= 11 is 5.17. The molecule has 0 spiro atoms.